The van der Waals surface area contributed by atoms with Crippen LogP contribution in [0.2, 0.25) is 0 Å². The summed E-state index contributed by atoms with van der Waals surface area (Å²) in [5.74, 6) is 2.20. The molecule has 2 heteroatoms. The molecule has 1 aliphatic rings. The van der Waals surface area contributed by atoms with Crippen LogP contribution in [0, 0.1) is 18.3 Å². The maximum absolute atomic E-state index is 5.94. The number of thiophene rings is 1. The third-order valence-electron chi connectivity index (χ3n) is 3.28. The van der Waals surface area contributed by atoms with E-state index in [0.717, 1.165) is 5.88 Å². The second kappa shape index (κ2) is 2.99. The molecule has 1 aromatic rings. The average Bonchev–Trinajstić information content (AvgIpc) is 2.41. The second-order valence-electron chi connectivity index (χ2n) is 4.51. The Morgan fingerprint density at radius 2 is 2.15 bits per heavy atom. The second-order valence-corrected chi connectivity index (χ2v) is 6.14. The number of hydrogen-bond acceptors (Lipinski definition) is 1. The first-order valence-corrected chi connectivity index (χ1v) is 6.04. The van der Waals surface area contributed by atoms with E-state index >= 15 is 0 Å². The van der Waals surface area contributed by atoms with Gasteiger partial charge in [-0.25, -0.2) is 0 Å². The van der Waals surface area contributed by atoms with Crippen molar-refractivity contribution >= 4 is 22.9 Å². The van der Waals surface area contributed by atoms with Gasteiger partial charge in [0.25, 0.3) is 0 Å². The highest BCUT2D eigenvalue weighted by Crippen LogP contribution is 2.65. The van der Waals surface area contributed by atoms with Gasteiger partial charge in [0.2, 0.25) is 0 Å². The Morgan fingerprint density at radius 1 is 1.46 bits per heavy atom. The first-order chi connectivity index (χ1) is 6.07. The number of aryl methyl sites for hydroxylation is 1. The van der Waals surface area contributed by atoms with Crippen LogP contribution in [0.1, 0.15) is 29.5 Å². The van der Waals surface area contributed by atoms with Crippen LogP contribution < -0.4 is 0 Å². The fraction of sp³-hybridized carbons (Fsp3) is 0.636. The Kier molecular flexibility index (Phi) is 2.20. The fourth-order valence-electron chi connectivity index (χ4n) is 2.22. The van der Waals surface area contributed by atoms with Crippen LogP contribution in [0.15, 0.2) is 12.1 Å². The van der Waals surface area contributed by atoms with E-state index < -0.39 is 0 Å². The van der Waals surface area contributed by atoms with Crippen LogP contribution >= 0.6 is 22.9 Å². The largest absolute Gasteiger partial charge is 0.145 e. The van der Waals surface area contributed by atoms with Crippen LogP contribution in [0.5, 0.6) is 0 Å². The molecular weight excluding hydrogens is 200 g/mol. The summed E-state index contributed by atoms with van der Waals surface area (Å²) in [6, 6.07) is 4.47. The van der Waals surface area contributed by atoms with E-state index in [4.69, 9.17) is 11.6 Å². The maximum atomic E-state index is 5.94. The summed E-state index contributed by atoms with van der Waals surface area (Å²) in [6.07, 6.45) is 0. The quantitative estimate of drug-likeness (QED) is 0.652. The summed E-state index contributed by atoms with van der Waals surface area (Å²) < 4.78 is 0. The third kappa shape index (κ3) is 1.42. The van der Waals surface area contributed by atoms with Crippen molar-refractivity contribution in [3.63, 3.8) is 0 Å². The van der Waals surface area contributed by atoms with E-state index in [1.165, 1.54) is 9.75 Å². The van der Waals surface area contributed by atoms with Crippen LogP contribution in [-0.2, 0) is 0 Å². The van der Waals surface area contributed by atoms with E-state index in [1.807, 2.05) is 11.3 Å². The summed E-state index contributed by atoms with van der Waals surface area (Å²) in [5.41, 5.74) is 0.430. The van der Waals surface area contributed by atoms with Gasteiger partial charge in [0.15, 0.2) is 0 Å². The lowest BCUT2D eigenvalue weighted by Crippen LogP contribution is -1.90. The van der Waals surface area contributed by atoms with E-state index in [2.05, 4.69) is 32.9 Å². The summed E-state index contributed by atoms with van der Waals surface area (Å²) in [4.78, 5) is 2.93. The van der Waals surface area contributed by atoms with Gasteiger partial charge in [-0.15, -0.1) is 22.9 Å². The number of rotatable bonds is 2. The highest BCUT2D eigenvalue weighted by molar-refractivity contribution is 7.12. The maximum Gasteiger partial charge on any atom is 0.0263 e. The number of halogens is 1. The monoisotopic (exact) mass is 214 g/mol. The van der Waals surface area contributed by atoms with Crippen LogP contribution in [0.4, 0.5) is 0 Å². The molecule has 0 spiro atoms. The predicted molar refractivity (Wildman–Crippen MR) is 59.8 cm³/mol. The summed E-state index contributed by atoms with van der Waals surface area (Å²) in [7, 11) is 0. The van der Waals surface area contributed by atoms with Crippen molar-refractivity contribution in [3.8, 4) is 0 Å². The van der Waals surface area contributed by atoms with Crippen molar-refractivity contribution in [2.75, 3.05) is 5.88 Å². The molecule has 72 valence electrons. The zero-order valence-corrected chi connectivity index (χ0v) is 9.88. The van der Waals surface area contributed by atoms with E-state index in [9.17, 15) is 0 Å². The standard InChI is InChI=1S/C11H15ClS/c1-7-4-5-9(13-7)10-8(6-12)11(10,2)3/h4-5,8,10H,6H2,1-3H3. The number of alkyl halides is 1. The molecule has 0 saturated heterocycles. The van der Waals surface area contributed by atoms with E-state index in [0.29, 0.717) is 17.3 Å². The molecule has 1 fully saturated rings. The average molecular weight is 215 g/mol. The van der Waals surface area contributed by atoms with Gasteiger partial charge < -0.3 is 0 Å². The van der Waals surface area contributed by atoms with Crippen LogP contribution in [0.25, 0.3) is 0 Å². The topological polar surface area (TPSA) is 0 Å². The molecule has 2 unspecified atom stereocenters. The predicted octanol–water partition coefficient (Wildman–Crippen LogP) is 4.03. The van der Waals surface area contributed by atoms with Crippen molar-refractivity contribution in [3.05, 3.63) is 21.9 Å². The van der Waals surface area contributed by atoms with Crippen molar-refractivity contribution in [2.45, 2.75) is 26.7 Å². The number of hydrogen-bond donors (Lipinski definition) is 0. The van der Waals surface area contributed by atoms with Crippen molar-refractivity contribution in [1.29, 1.82) is 0 Å². The Morgan fingerprint density at radius 3 is 2.54 bits per heavy atom. The molecule has 1 aliphatic carbocycles. The van der Waals surface area contributed by atoms with Gasteiger partial charge in [0.1, 0.15) is 0 Å². The smallest absolute Gasteiger partial charge is 0.0263 e. The molecule has 0 N–H and O–H groups in total. The van der Waals surface area contributed by atoms with Gasteiger partial charge in [-0.05, 0) is 30.4 Å². The molecule has 0 nitrogen and oxygen atoms in total. The van der Waals surface area contributed by atoms with Crippen LogP contribution in [0.3, 0.4) is 0 Å². The van der Waals surface area contributed by atoms with Gasteiger partial charge in [0, 0.05) is 21.6 Å². The van der Waals surface area contributed by atoms with Crippen molar-refractivity contribution < 1.29 is 0 Å². The lowest BCUT2D eigenvalue weighted by molar-refractivity contribution is 0.578. The summed E-state index contributed by atoms with van der Waals surface area (Å²) in [6.45, 7) is 6.80. The molecule has 0 radical (unpaired) electrons. The molecule has 13 heavy (non-hydrogen) atoms. The van der Waals surface area contributed by atoms with Gasteiger partial charge >= 0.3 is 0 Å². The lowest BCUT2D eigenvalue weighted by Gasteiger charge is -1.98. The van der Waals surface area contributed by atoms with Gasteiger partial charge in [-0.1, -0.05) is 13.8 Å². The highest BCUT2D eigenvalue weighted by atomic mass is 35.5. The van der Waals surface area contributed by atoms with Crippen molar-refractivity contribution in [2.24, 2.45) is 11.3 Å². The molecule has 1 heterocycles. The first kappa shape index (κ1) is 9.54. The van der Waals surface area contributed by atoms with Gasteiger partial charge in [0.05, 0.1) is 0 Å². The van der Waals surface area contributed by atoms with Gasteiger partial charge in [-0.3, -0.25) is 0 Å². The Labute approximate surface area is 88.9 Å². The minimum Gasteiger partial charge on any atom is -0.145 e. The molecule has 0 aliphatic heterocycles. The third-order valence-corrected chi connectivity index (χ3v) is 4.70. The zero-order valence-electron chi connectivity index (χ0n) is 8.30. The lowest BCUT2D eigenvalue weighted by atomic mass is 10.1. The zero-order chi connectivity index (χ0) is 9.64. The molecule has 1 saturated carbocycles. The summed E-state index contributed by atoms with van der Waals surface area (Å²) in [5, 5.41) is 0. The SMILES string of the molecule is Cc1ccc(C2C(CCl)C2(C)C)s1. The first-order valence-electron chi connectivity index (χ1n) is 4.69. The normalized spacial score (nSPS) is 30.5. The summed E-state index contributed by atoms with van der Waals surface area (Å²) >= 11 is 7.86. The van der Waals surface area contributed by atoms with Crippen LogP contribution in [-0.4, -0.2) is 5.88 Å². The van der Waals surface area contributed by atoms with Crippen molar-refractivity contribution in [1.82, 2.24) is 0 Å². The highest BCUT2D eigenvalue weighted by Gasteiger charge is 2.57. The molecule has 2 atom stereocenters. The Hall–Kier alpha value is -0.0100. The molecule has 2 rings (SSSR count). The molecule has 0 aromatic carbocycles. The molecular formula is C11H15ClS. The molecule has 0 amide bonds. The Balaban J connectivity index is 2.21. The van der Waals surface area contributed by atoms with E-state index in [-0.39, 0.29) is 0 Å². The molecule has 1 aromatic heterocycles. The van der Waals surface area contributed by atoms with E-state index in [1.54, 1.807) is 0 Å². The Bertz CT molecular complexity index is 314. The molecule has 0 bridgehead atoms. The fourth-order valence-corrected chi connectivity index (χ4v) is 4.03. The minimum absolute atomic E-state index is 0.430. The van der Waals surface area contributed by atoms with Gasteiger partial charge in [-0.2, -0.15) is 0 Å². The minimum atomic E-state index is 0.430.